The first-order valence-corrected chi connectivity index (χ1v) is 7.92. The van der Waals surface area contributed by atoms with E-state index in [1.54, 1.807) is 11.3 Å². The van der Waals surface area contributed by atoms with Crippen molar-refractivity contribution in [2.45, 2.75) is 13.0 Å². The SMILES string of the molecule is CN(C)CCc1c[nH]c2cccc(OCc3cscn3)c12. The Morgan fingerprint density at radius 1 is 1.33 bits per heavy atom. The fourth-order valence-corrected chi connectivity index (χ4v) is 2.88. The molecule has 3 aromatic rings. The molecular weight excluding hydrogens is 282 g/mol. The number of hydrogen-bond acceptors (Lipinski definition) is 4. The molecular formula is C16H19N3OS. The van der Waals surface area contributed by atoms with Crippen molar-refractivity contribution in [3.63, 3.8) is 0 Å². The van der Waals surface area contributed by atoms with Crippen LogP contribution in [-0.4, -0.2) is 35.5 Å². The second-order valence-corrected chi connectivity index (χ2v) is 6.03. The van der Waals surface area contributed by atoms with Gasteiger partial charge in [-0.2, -0.15) is 0 Å². The van der Waals surface area contributed by atoms with Crippen LogP contribution in [0, 0.1) is 0 Å². The summed E-state index contributed by atoms with van der Waals surface area (Å²) in [6.45, 7) is 1.54. The van der Waals surface area contributed by atoms with Crippen LogP contribution in [0.5, 0.6) is 5.75 Å². The molecule has 0 saturated heterocycles. The van der Waals surface area contributed by atoms with E-state index in [0.717, 1.165) is 29.9 Å². The van der Waals surface area contributed by atoms with Crippen LogP contribution in [0.3, 0.4) is 0 Å². The Kier molecular flexibility index (Phi) is 4.22. The third-order valence-corrected chi connectivity index (χ3v) is 4.07. The number of likely N-dealkylation sites (N-methyl/N-ethyl adjacent to an activating group) is 1. The van der Waals surface area contributed by atoms with E-state index < -0.39 is 0 Å². The number of aromatic amines is 1. The van der Waals surface area contributed by atoms with Gasteiger partial charge in [0.05, 0.1) is 11.2 Å². The Morgan fingerprint density at radius 2 is 2.24 bits per heavy atom. The maximum atomic E-state index is 5.98. The average molecular weight is 301 g/mol. The molecule has 0 bridgehead atoms. The Labute approximate surface area is 128 Å². The third kappa shape index (κ3) is 3.25. The zero-order valence-corrected chi connectivity index (χ0v) is 13.1. The van der Waals surface area contributed by atoms with E-state index in [4.69, 9.17) is 4.74 Å². The zero-order chi connectivity index (χ0) is 14.7. The largest absolute Gasteiger partial charge is 0.487 e. The number of nitrogens with one attached hydrogen (secondary N) is 1. The fourth-order valence-electron chi connectivity index (χ4n) is 2.34. The summed E-state index contributed by atoms with van der Waals surface area (Å²) < 4.78 is 5.98. The maximum Gasteiger partial charge on any atom is 0.131 e. The lowest BCUT2D eigenvalue weighted by Gasteiger charge is -2.10. The first-order valence-electron chi connectivity index (χ1n) is 6.97. The van der Waals surface area contributed by atoms with Crippen LogP contribution in [0.4, 0.5) is 0 Å². The first kappa shape index (κ1) is 14.1. The van der Waals surface area contributed by atoms with Gasteiger partial charge < -0.3 is 14.6 Å². The second-order valence-electron chi connectivity index (χ2n) is 5.31. The quantitative estimate of drug-likeness (QED) is 0.759. The smallest absolute Gasteiger partial charge is 0.131 e. The molecule has 0 aliphatic heterocycles. The van der Waals surface area contributed by atoms with Gasteiger partial charge in [0, 0.05) is 29.0 Å². The summed E-state index contributed by atoms with van der Waals surface area (Å²) in [4.78, 5) is 9.79. The summed E-state index contributed by atoms with van der Waals surface area (Å²) in [5.74, 6) is 0.926. The molecule has 1 aromatic carbocycles. The molecule has 1 N–H and O–H groups in total. The van der Waals surface area contributed by atoms with Crippen LogP contribution in [0.15, 0.2) is 35.3 Å². The predicted molar refractivity (Wildman–Crippen MR) is 87.0 cm³/mol. The lowest BCUT2D eigenvalue weighted by Crippen LogP contribution is -2.14. The van der Waals surface area contributed by atoms with Crippen molar-refractivity contribution < 1.29 is 4.74 Å². The fraction of sp³-hybridized carbons (Fsp3) is 0.312. The normalized spacial score (nSPS) is 11.4. The number of ether oxygens (including phenoxy) is 1. The van der Waals surface area contributed by atoms with Crippen molar-refractivity contribution in [1.29, 1.82) is 0 Å². The lowest BCUT2D eigenvalue weighted by molar-refractivity contribution is 0.305. The molecule has 4 nitrogen and oxygen atoms in total. The second kappa shape index (κ2) is 6.28. The highest BCUT2D eigenvalue weighted by atomic mass is 32.1. The van der Waals surface area contributed by atoms with Crippen molar-refractivity contribution in [2.24, 2.45) is 0 Å². The molecule has 3 rings (SSSR count). The molecule has 0 unspecified atom stereocenters. The maximum absolute atomic E-state index is 5.98. The summed E-state index contributed by atoms with van der Waals surface area (Å²) in [6, 6.07) is 6.14. The molecule has 0 radical (unpaired) electrons. The highest BCUT2D eigenvalue weighted by Crippen LogP contribution is 2.29. The molecule has 0 spiro atoms. The van der Waals surface area contributed by atoms with Gasteiger partial charge in [-0.15, -0.1) is 11.3 Å². The standard InChI is InChI=1S/C16H19N3OS/c1-19(2)7-6-12-8-17-14-4-3-5-15(16(12)14)20-9-13-10-21-11-18-13/h3-5,8,10-11,17H,6-7,9H2,1-2H3. The van der Waals surface area contributed by atoms with Crippen LogP contribution in [0.1, 0.15) is 11.3 Å². The van der Waals surface area contributed by atoms with Gasteiger partial charge in [0.2, 0.25) is 0 Å². The number of aromatic nitrogens is 2. The van der Waals surface area contributed by atoms with E-state index in [2.05, 4.69) is 41.2 Å². The van der Waals surface area contributed by atoms with Crippen LogP contribution >= 0.6 is 11.3 Å². The van der Waals surface area contributed by atoms with Gasteiger partial charge in [-0.25, -0.2) is 4.98 Å². The molecule has 0 aliphatic carbocycles. The molecule has 110 valence electrons. The lowest BCUT2D eigenvalue weighted by atomic mass is 10.1. The molecule has 2 aromatic heterocycles. The topological polar surface area (TPSA) is 41.2 Å². The van der Waals surface area contributed by atoms with Crippen molar-refractivity contribution in [2.75, 3.05) is 20.6 Å². The summed E-state index contributed by atoms with van der Waals surface area (Å²) in [6.07, 6.45) is 3.09. The Bertz CT molecular complexity index is 703. The van der Waals surface area contributed by atoms with Gasteiger partial charge in [0.25, 0.3) is 0 Å². The first-order chi connectivity index (χ1) is 10.2. The van der Waals surface area contributed by atoms with Gasteiger partial charge in [-0.3, -0.25) is 0 Å². The van der Waals surface area contributed by atoms with Crippen LogP contribution in [0.2, 0.25) is 0 Å². The minimum absolute atomic E-state index is 0.515. The number of fused-ring (bicyclic) bond motifs is 1. The van der Waals surface area contributed by atoms with Crippen molar-refractivity contribution in [1.82, 2.24) is 14.9 Å². The Morgan fingerprint density at radius 3 is 3.00 bits per heavy atom. The van der Waals surface area contributed by atoms with Gasteiger partial charge in [0.15, 0.2) is 0 Å². The molecule has 0 amide bonds. The van der Waals surface area contributed by atoms with Crippen molar-refractivity contribution in [3.8, 4) is 5.75 Å². The summed E-state index contributed by atoms with van der Waals surface area (Å²) in [5, 5.41) is 3.21. The molecule has 21 heavy (non-hydrogen) atoms. The number of thiazole rings is 1. The van der Waals surface area contributed by atoms with E-state index in [1.165, 1.54) is 10.9 Å². The minimum atomic E-state index is 0.515. The van der Waals surface area contributed by atoms with Gasteiger partial charge >= 0.3 is 0 Å². The summed E-state index contributed by atoms with van der Waals surface area (Å²) in [5.41, 5.74) is 5.23. The van der Waals surface area contributed by atoms with Gasteiger partial charge in [-0.1, -0.05) is 6.07 Å². The number of rotatable bonds is 6. The van der Waals surface area contributed by atoms with E-state index in [-0.39, 0.29) is 0 Å². The monoisotopic (exact) mass is 301 g/mol. The molecule has 0 saturated carbocycles. The van der Waals surface area contributed by atoms with Crippen molar-refractivity contribution >= 4 is 22.2 Å². The number of benzene rings is 1. The molecule has 2 heterocycles. The summed E-state index contributed by atoms with van der Waals surface area (Å²) in [7, 11) is 4.18. The number of hydrogen-bond donors (Lipinski definition) is 1. The van der Waals surface area contributed by atoms with E-state index >= 15 is 0 Å². The predicted octanol–water partition coefficient (Wildman–Crippen LogP) is 3.31. The van der Waals surface area contributed by atoms with Crippen LogP contribution < -0.4 is 4.74 Å². The summed E-state index contributed by atoms with van der Waals surface area (Å²) >= 11 is 1.59. The van der Waals surface area contributed by atoms with Crippen molar-refractivity contribution in [3.05, 3.63) is 46.5 Å². The Hall–Kier alpha value is -1.85. The van der Waals surface area contributed by atoms with Gasteiger partial charge in [0.1, 0.15) is 12.4 Å². The average Bonchev–Trinajstić information content (AvgIpc) is 3.12. The highest BCUT2D eigenvalue weighted by molar-refractivity contribution is 7.07. The minimum Gasteiger partial charge on any atom is -0.487 e. The van der Waals surface area contributed by atoms with Crippen LogP contribution in [-0.2, 0) is 13.0 Å². The molecule has 5 heteroatoms. The third-order valence-electron chi connectivity index (χ3n) is 3.44. The zero-order valence-electron chi connectivity index (χ0n) is 12.3. The number of H-pyrrole nitrogens is 1. The highest BCUT2D eigenvalue weighted by Gasteiger charge is 2.10. The number of nitrogens with zero attached hydrogens (tertiary/aromatic N) is 2. The molecule has 0 aliphatic rings. The van der Waals surface area contributed by atoms with Crippen LogP contribution in [0.25, 0.3) is 10.9 Å². The van der Waals surface area contributed by atoms with E-state index in [9.17, 15) is 0 Å². The van der Waals surface area contributed by atoms with E-state index in [0.29, 0.717) is 6.61 Å². The van der Waals surface area contributed by atoms with E-state index in [1.807, 2.05) is 23.0 Å². The Balaban J connectivity index is 1.84. The molecule has 0 atom stereocenters. The van der Waals surface area contributed by atoms with Gasteiger partial charge in [-0.05, 0) is 38.2 Å². The molecule has 0 fully saturated rings.